The van der Waals surface area contributed by atoms with E-state index in [-0.39, 0.29) is 5.82 Å². The van der Waals surface area contributed by atoms with Crippen molar-refractivity contribution in [2.45, 2.75) is 0 Å². The minimum atomic E-state index is 0.246. The molecule has 3 rings (SSSR count). The summed E-state index contributed by atoms with van der Waals surface area (Å²) >= 11 is 12.0. The fourth-order valence-corrected chi connectivity index (χ4v) is 2.31. The van der Waals surface area contributed by atoms with Crippen molar-refractivity contribution < 1.29 is 0 Å². The second-order valence-electron chi connectivity index (χ2n) is 4.08. The Hall–Kier alpha value is -1.84. The highest BCUT2D eigenvalue weighted by Gasteiger charge is 2.11. The zero-order valence-corrected chi connectivity index (χ0v) is 11.3. The van der Waals surface area contributed by atoms with E-state index in [2.05, 4.69) is 9.97 Å². The van der Waals surface area contributed by atoms with Gasteiger partial charge in [-0.25, -0.2) is 9.97 Å². The maximum atomic E-state index is 6.14. The minimum Gasteiger partial charge on any atom is -0.382 e. The van der Waals surface area contributed by atoms with Crippen molar-refractivity contribution in [3.63, 3.8) is 0 Å². The van der Waals surface area contributed by atoms with Crippen LogP contribution in [0.5, 0.6) is 0 Å². The Morgan fingerprint density at radius 3 is 2.53 bits per heavy atom. The maximum absolute atomic E-state index is 6.14. The summed E-state index contributed by atoms with van der Waals surface area (Å²) in [6, 6.07) is 13.3. The number of aromatic nitrogens is 2. The topological polar surface area (TPSA) is 51.8 Å². The van der Waals surface area contributed by atoms with E-state index in [0.29, 0.717) is 21.4 Å². The number of fused-ring (bicyclic) bond motifs is 1. The predicted molar refractivity (Wildman–Crippen MR) is 79.4 cm³/mol. The molecule has 0 amide bonds. The monoisotopic (exact) mass is 289 g/mol. The molecule has 0 aliphatic carbocycles. The van der Waals surface area contributed by atoms with Crippen LogP contribution in [0, 0.1) is 0 Å². The van der Waals surface area contributed by atoms with E-state index >= 15 is 0 Å². The quantitative estimate of drug-likeness (QED) is 0.731. The van der Waals surface area contributed by atoms with Crippen LogP contribution in [0.1, 0.15) is 0 Å². The van der Waals surface area contributed by atoms with Crippen molar-refractivity contribution in [2.75, 3.05) is 5.73 Å². The molecule has 0 unspecified atom stereocenters. The molecule has 0 aliphatic rings. The molecule has 2 N–H and O–H groups in total. The summed E-state index contributed by atoms with van der Waals surface area (Å²) in [5.74, 6) is 0.246. The average Bonchev–Trinajstić information content (AvgIpc) is 2.42. The minimum absolute atomic E-state index is 0.246. The number of nitrogens with two attached hydrogens (primary N) is 1. The van der Waals surface area contributed by atoms with Crippen LogP contribution in [0.25, 0.3) is 22.3 Å². The highest BCUT2D eigenvalue weighted by atomic mass is 35.5. The molecule has 3 aromatic rings. The van der Waals surface area contributed by atoms with Gasteiger partial charge in [-0.05, 0) is 18.2 Å². The second kappa shape index (κ2) is 4.68. The molecule has 0 bridgehead atoms. The Kier molecular flexibility index (Phi) is 3.01. The molecule has 0 radical (unpaired) electrons. The van der Waals surface area contributed by atoms with Crippen LogP contribution in [-0.4, -0.2) is 9.97 Å². The summed E-state index contributed by atoms with van der Waals surface area (Å²) in [6.07, 6.45) is 0. The number of nitrogen functional groups attached to an aromatic ring is 1. The number of halogens is 2. The molecule has 2 aromatic heterocycles. The molecule has 19 heavy (non-hydrogen) atoms. The van der Waals surface area contributed by atoms with Crippen molar-refractivity contribution >= 4 is 39.9 Å². The third-order valence-electron chi connectivity index (χ3n) is 2.80. The summed E-state index contributed by atoms with van der Waals surface area (Å²) in [6.45, 7) is 0. The van der Waals surface area contributed by atoms with Crippen LogP contribution < -0.4 is 5.73 Å². The van der Waals surface area contributed by atoms with Gasteiger partial charge < -0.3 is 5.73 Å². The van der Waals surface area contributed by atoms with Crippen molar-refractivity contribution in [1.29, 1.82) is 0 Å². The lowest BCUT2D eigenvalue weighted by atomic mass is 10.1. The van der Waals surface area contributed by atoms with Crippen molar-refractivity contribution in [3.05, 3.63) is 52.5 Å². The van der Waals surface area contributed by atoms with E-state index in [0.717, 1.165) is 10.9 Å². The van der Waals surface area contributed by atoms with Gasteiger partial charge in [-0.1, -0.05) is 47.5 Å². The second-order valence-corrected chi connectivity index (χ2v) is 4.89. The molecule has 94 valence electrons. The normalized spacial score (nSPS) is 10.8. The van der Waals surface area contributed by atoms with E-state index in [4.69, 9.17) is 28.9 Å². The van der Waals surface area contributed by atoms with Crippen molar-refractivity contribution in [3.8, 4) is 11.4 Å². The van der Waals surface area contributed by atoms with Crippen molar-refractivity contribution in [1.82, 2.24) is 9.97 Å². The van der Waals surface area contributed by atoms with Gasteiger partial charge in [0.25, 0.3) is 0 Å². The van der Waals surface area contributed by atoms with E-state index in [1.165, 1.54) is 0 Å². The Bertz CT molecular complexity index is 772. The van der Waals surface area contributed by atoms with Gasteiger partial charge in [0.15, 0.2) is 0 Å². The van der Waals surface area contributed by atoms with Crippen LogP contribution >= 0.6 is 23.2 Å². The number of anilines is 1. The molecule has 0 spiro atoms. The lowest BCUT2D eigenvalue weighted by molar-refractivity contribution is 1.28. The van der Waals surface area contributed by atoms with Gasteiger partial charge in [0.05, 0.1) is 21.3 Å². The van der Waals surface area contributed by atoms with E-state index < -0.39 is 0 Å². The van der Waals surface area contributed by atoms with Crippen LogP contribution in [0.15, 0.2) is 42.5 Å². The zero-order valence-electron chi connectivity index (χ0n) is 9.77. The molecule has 0 aliphatic heterocycles. The highest BCUT2D eigenvalue weighted by molar-refractivity contribution is 6.37. The predicted octanol–water partition coefficient (Wildman–Crippen LogP) is 4.19. The van der Waals surface area contributed by atoms with Gasteiger partial charge in [0.2, 0.25) is 0 Å². The number of hydrogen-bond acceptors (Lipinski definition) is 3. The summed E-state index contributed by atoms with van der Waals surface area (Å²) in [5.41, 5.74) is 7.80. The van der Waals surface area contributed by atoms with E-state index in [1.807, 2.05) is 36.4 Å². The summed E-state index contributed by atoms with van der Waals surface area (Å²) < 4.78 is 0. The molecule has 0 saturated carbocycles. The first-order chi connectivity index (χ1) is 9.15. The maximum Gasteiger partial charge on any atom is 0.143 e. The van der Waals surface area contributed by atoms with Gasteiger partial charge in [0.1, 0.15) is 11.5 Å². The van der Waals surface area contributed by atoms with Crippen LogP contribution in [-0.2, 0) is 0 Å². The third-order valence-corrected chi connectivity index (χ3v) is 3.39. The number of rotatable bonds is 1. The number of para-hydroxylation sites is 1. The molecule has 0 fully saturated rings. The SMILES string of the molecule is Nc1nc(-c2ccc3ccccc3n2)c(Cl)cc1Cl. The largest absolute Gasteiger partial charge is 0.382 e. The lowest BCUT2D eigenvalue weighted by Gasteiger charge is -2.06. The van der Waals surface area contributed by atoms with Gasteiger partial charge >= 0.3 is 0 Å². The number of hydrogen-bond donors (Lipinski definition) is 1. The van der Waals surface area contributed by atoms with Gasteiger partial charge in [-0.3, -0.25) is 0 Å². The van der Waals surface area contributed by atoms with E-state index in [9.17, 15) is 0 Å². The molecular formula is C14H9Cl2N3. The first kappa shape index (κ1) is 12.2. The molecule has 5 heteroatoms. The smallest absolute Gasteiger partial charge is 0.143 e. The molecule has 1 aromatic carbocycles. The first-order valence-electron chi connectivity index (χ1n) is 5.63. The fourth-order valence-electron chi connectivity index (χ4n) is 1.86. The first-order valence-corrected chi connectivity index (χ1v) is 6.38. The molecular weight excluding hydrogens is 281 g/mol. The zero-order chi connectivity index (χ0) is 13.4. The summed E-state index contributed by atoms with van der Waals surface area (Å²) in [7, 11) is 0. The molecule has 0 atom stereocenters. The Morgan fingerprint density at radius 2 is 1.68 bits per heavy atom. The Labute approximate surface area is 120 Å². The molecule has 3 nitrogen and oxygen atoms in total. The number of benzene rings is 1. The number of nitrogens with zero attached hydrogens (tertiary/aromatic N) is 2. The van der Waals surface area contributed by atoms with Gasteiger partial charge in [-0.2, -0.15) is 0 Å². The summed E-state index contributed by atoms with van der Waals surface area (Å²) in [5, 5.41) is 1.83. The Balaban J connectivity index is 2.21. The highest BCUT2D eigenvalue weighted by Crippen LogP contribution is 2.30. The summed E-state index contributed by atoms with van der Waals surface area (Å²) in [4.78, 5) is 8.73. The Morgan fingerprint density at radius 1 is 0.895 bits per heavy atom. The van der Waals surface area contributed by atoms with Crippen LogP contribution in [0.2, 0.25) is 10.0 Å². The van der Waals surface area contributed by atoms with Gasteiger partial charge in [0, 0.05) is 5.39 Å². The van der Waals surface area contributed by atoms with Crippen LogP contribution in [0.4, 0.5) is 5.82 Å². The van der Waals surface area contributed by atoms with E-state index in [1.54, 1.807) is 6.07 Å². The van der Waals surface area contributed by atoms with Crippen LogP contribution in [0.3, 0.4) is 0 Å². The average molecular weight is 290 g/mol. The standard InChI is InChI=1S/C14H9Cl2N3/c15-9-7-10(16)14(17)19-13(9)12-6-5-8-3-1-2-4-11(8)18-12/h1-7H,(H2,17,19). The third kappa shape index (κ3) is 2.23. The molecule has 0 saturated heterocycles. The number of pyridine rings is 2. The van der Waals surface area contributed by atoms with Gasteiger partial charge in [-0.15, -0.1) is 0 Å². The molecule has 2 heterocycles. The lowest BCUT2D eigenvalue weighted by Crippen LogP contribution is -1.96. The van der Waals surface area contributed by atoms with Crippen molar-refractivity contribution in [2.24, 2.45) is 0 Å². The fraction of sp³-hybridized carbons (Fsp3) is 0.